The summed E-state index contributed by atoms with van der Waals surface area (Å²) in [4.78, 5) is 14.9. The van der Waals surface area contributed by atoms with E-state index in [1.54, 1.807) is 0 Å². The van der Waals surface area contributed by atoms with Gasteiger partial charge in [-0.15, -0.1) is 10.2 Å². The molecule has 2 aromatic heterocycles. The van der Waals surface area contributed by atoms with Gasteiger partial charge in [-0.2, -0.15) is 0 Å². The van der Waals surface area contributed by atoms with Crippen molar-refractivity contribution >= 4 is 11.6 Å². The van der Waals surface area contributed by atoms with Gasteiger partial charge >= 0.3 is 0 Å². The molecule has 1 saturated heterocycles. The zero-order valence-corrected chi connectivity index (χ0v) is 17.6. The first-order valence-corrected chi connectivity index (χ1v) is 10.6. The van der Waals surface area contributed by atoms with Gasteiger partial charge in [0.1, 0.15) is 5.82 Å². The Kier molecular flexibility index (Phi) is 5.39. The van der Waals surface area contributed by atoms with Crippen LogP contribution in [0.15, 0.2) is 48.7 Å². The van der Waals surface area contributed by atoms with Crippen molar-refractivity contribution in [1.29, 1.82) is 0 Å². The fourth-order valence-corrected chi connectivity index (χ4v) is 4.13. The minimum absolute atomic E-state index is 0.156. The summed E-state index contributed by atoms with van der Waals surface area (Å²) in [5.41, 5.74) is 3.57. The van der Waals surface area contributed by atoms with E-state index in [9.17, 15) is 4.79 Å². The zero-order valence-electron chi connectivity index (χ0n) is 17.6. The maximum absolute atomic E-state index is 12.9. The number of amides is 1. The molecule has 29 heavy (non-hydrogen) atoms. The SMILES string of the molecule is CC(C)(C)c1ccc(CCC(=O)N2CCC[C@@H](c3nnc4ccccn34)C2)cc1. The molecule has 1 aliphatic rings. The maximum atomic E-state index is 12.9. The molecular formula is C24H30N4O. The number of carbonyl (C=O) groups excluding carboxylic acids is 1. The highest BCUT2D eigenvalue weighted by atomic mass is 16.2. The molecule has 0 spiro atoms. The van der Waals surface area contributed by atoms with Gasteiger partial charge in [0.25, 0.3) is 0 Å². The Balaban J connectivity index is 1.38. The van der Waals surface area contributed by atoms with Crippen molar-refractivity contribution in [2.75, 3.05) is 13.1 Å². The molecule has 3 aromatic rings. The molecule has 1 fully saturated rings. The van der Waals surface area contributed by atoms with E-state index < -0.39 is 0 Å². The predicted octanol–water partition coefficient (Wildman–Crippen LogP) is 4.37. The monoisotopic (exact) mass is 390 g/mol. The molecule has 0 unspecified atom stereocenters. The van der Waals surface area contributed by atoms with Crippen molar-refractivity contribution in [3.05, 3.63) is 65.6 Å². The van der Waals surface area contributed by atoms with E-state index in [0.29, 0.717) is 6.42 Å². The second-order valence-electron chi connectivity index (χ2n) is 9.11. The van der Waals surface area contributed by atoms with Crippen LogP contribution in [0.3, 0.4) is 0 Å². The molecule has 5 nitrogen and oxygen atoms in total. The van der Waals surface area contributed by atoms with Crippen LogP contribution >= 0.6 is 0 Å². The molecule has 5 heteroatoms. The molecule has 0 saturated carbocycles. The van der Waals surface area contributed by atoms with Crippen molar-refractivity contribution in [1.82, 2.24) is 19.5 Å². The van der Waals surface area contributed by atoms with E-state index >= 15 is 0 Å². The lowest BCUT2D eigenvalue weighted by molar-refractivity contribution is -0.132. The molecule has 152 valence electrons. The average Bonchev–Trinajstić information content (AvgIpc) is 3.16. The maximum Gasteiger partial charge on any atom is 0.222 e. The lowest BCUT2D eigenvalue weighted by Gasteiger charge is -2.32. The Bertz CT molecular complexity index is 984. The van der Waals surface area contributed by atoms with E-state index in [1.165, 1.54) is 11.1 Å². The average molecular weight is 391 g/mol. The smallest absolute Gasteiger partial charge is 0.222 e. The van der Waals surface area contributed by atoms with Crippen LogP contribution in [0.2, 0.25) is 0 Å². The fraction of sp³-hybridized carbons (Fsp3) is 0.458. The van der Waals surface area contributed by atoms with E-state index in [0.717, 1.165) is 43.8 Å². The molecule has 3 heterocycles. The third-order valence-corrected chi connectivity index (χ3v) is 5.93. The third kappa shape index (κ3) is 4.34. The number of aromatic nitrogens is 3. The van der Waals surface area contributed by atoms with Crippen molar-refractivity contribution in [3.63, 3.8) is 0 Å². The second kappa shape index (κ2) is 7.97. The molecule has 0 bridgehead atoms. The molecule has 0 N–H and O–H groups in total. The lowest BCUT2D eigenvalue weighted by Crippen LogP contribution is -2.39. The predicted molar refractivity (Wildman–Crippen MR) is 115 cm³/mol. The highest BCUT2D eigenvalue weighted by Crippen LogP contribution is 2.27. The summed E-state index contributed by atoms with van der Waals surface area (Å²) < 4.78 is 2.05. The summed E-state index contributed by atoms with van der Waals surface area (Å²) in [5.74, 6) is 1.45. The van der Waals surface area contributed by atoms with Gasteiger partial charge in [-0.3, -0.25) is 9.20 Å². The summed E-state index contributed by atoms with van der Waals surface area (Å²) in [6.07, 6.45) is 5.42. The number of rotatable bonds is 4. The number of aryl methyl sites for hydroxylation is 1. The molecule has 0 radical (unpaired) electrons. The van der Waals surface area contributed by atoms with Crippen LogP contribution in [-0.4, -0.2) is 38.5 Å². The summed E-state index contributed by atoms with van der Waals surface area (Å²) in [6, 6.07) is 14.6. The number of hydrogen-bond donors (Lipinski definition) is 0. The lowest BCUT2D eigenvalue weighted by atomic mass is 9.86. The van der Waals surface area contributed by atoms with Gasteiger partial charge in [0, 0.05) is 31.6 Å². The van der Waals surface area contributed by atoms with Gasteiger partial charge in [0.05, 0.1) is 0 Å². The summed E-state index contributed by atoms with van der Waals surface area (Å²) in [6.45, 7) is 8.23. The number of piperidine rings is 1. The van der Waals surface area contributed by atoms with Crippen LogP contribution in [0.5, 0.6) is 0 Å². The Labute approximate surface area is 172 Å². The molecule has 4 rings (SSSR count). The largest absolute Gasteiger partial charge is 0.342 e. The summed E-state index contributed by atoms with van der Waals surface area (Å²) in [7, 11) is 0. The van der Waals surface area contributed by atoms with Crippen LogP contribution in [0, 0.1) is 0 Å². The van der Waals surface area contributed by atoms with Gasteiger partial charge in [0.15, 0.2) is 5.65 Å². The fourth-order valence-electron chi connectivity index (χ4n) is 4.13. The standard InChI is InChI=1S/C24H30N4O/c1-24(2,3)20-12-9-18(10-13-20)11-14-22(29)27-15-6-7-19(17-27)23-26-25-21-8-4-5-16-28(21)23/h4-5,8-10,12-13,16,19H,6-7,11,14-15,17H2,1-3H3/t19-/m1/s1. The Morgan fingerprint density at radius 3 is 2.66 bits per heavy atom. The van der Waals surface area contributed by atoms with E-state index in [1.807, 2.05) is 29.3 Å². The van der Waals surface area contributed by atoms with Gasteiger partial charge < -0.3 is 4.90 Å². The van der Waals surface area contributed by atoms with E-state index in [-0.39, 0.29) is 17.2 Å². The zero-order chi connectivity index (χ0) is 20.4. The number of pyridine rings is 1. The van der Waals surface area contributed by atoms with Crippen molar-refractivity contribution < 1.29 is 4.79 Å². The molecular weight excluding hydrogens is 360 g/mol. The molecule has 1 atom stereocenters. The van der Waals surface area contributed by atoms with Gasteiger partial charge in [0.2, 0.25) is 5.91 Å². The van der Waals surface area contributed by atoms with Crippen LogP contribution < -0.4 is 0 Å². The number of benzene rings is 1. The van der Waals surface area contributed by atoms with E-state index in [4.69, 9.17) is 0 Å². The van der Waals surface area contributed by atoms with Crippen LogP contribution in [-0.2, 0) is 16.6 Å². The van der Waals surface area contributed by atoms with Crippen molar-refractivity contribution in [3.8, 4) is 0 Å². The second-order valence-corrected chi connectivity index (χ2v) is 9.11. The van der Waals surface area contributed by atoms with Crippen molar-refractivity contribution in [2.45, 2.75) is 57.8 Å². The molecule has 1 aromatic carbocycles. The first-order chi connectivity index (χ1) is 13.9. The highest BCUT2D eigenvalue weighted by molar-refractivity contribution is 5.76. The third-order valence-electron chi connectivity index (χ3n) is 5.93. The first-order valence-electron chi connectivity index (χ1n) is 10.6. The van der Waals surface area contributed by atoms with Gasteiger partial charge in [-0.25, -0.2) is 0 Å². The number of hydrogen-bond acceptors (Lipinski definition) is 3. The van der Waals surface area contributed by atoms with Gasteiger partial charge in [-0.05, 0) is 47.9 Å². The number of fused-ring (bicyclic) bond motifs is 1. The number of carbonyl (C=O) groups is 1. The summed E-state index contributed by atoms with van der Waals surface area (Å²) >= 11 is 0. The molecule has 1 amide bonds. The van der Waals surface area contributed by atoms with Crippen LogP contribution in [0.4, 0.5) is 0 Å². The Morgan fingerprint density at radius 1 is 1.10 bits per heavy atom. The first kappa shape index (κ1) is 19.6. The van der Waals surface area contributed by atoms with E-state index in [2.05, 4.69) is 59.6 Å². The number of nitrogens with zero attached hydrogens (tertiary/aromatic N) is 4. The normalized spacial score (nSPS) is 17.6. The summed E-state index contributed by atoms with van der Waals surface area (Å²) in [5, 5.41) is 8.68. The van der Waals surface area contributed by atoms with Crippen LogP contribution in [0.25, 0.3) is 5.65 Å². The van der Waals surface area contributed by atoms with Gasteiger partial charge in [-0.1, -0.05) is 51.1 Å². The van der Waals surface area contributed by atoms with Crippen LogP contribution in [0.1, 0.15) is 62.9 Å². The molecule has 1 aliphatic heterocycles. The minimum atomic E-state index is 0.156. The number of likely N-dealkylation sites (tertiary alicyclic amines) is 1. The quantitative estimate of drug-likeness (QED) is 0.665. The molecule has 0 aliphatic carbocycles. The topological polar surface area (TPSA) is 50.5 Å². The van der Waals surface area contributed by atoms with Crippen molar-refractivity contribution in [2.24, 2.45) is 0 Å². The Morgan fingerprint density at radius 2 is 1.90 bits per heavy atom. The Hall–Kier alpha value is -2.69. The highest BCUT2D eigenvalue weighted by Gasteiger charge is 2.27. The minimum Gasteiger partial charge on any atom is -0.342 e.